The predicted octanol–water partition coefficient (Wildman–Crippen LogP) is 1.72. The Hall–Kier alpha value is -0.970. The molecule has 112 valence electrons. The van der Waals surface area contributed by atoms with E-state index in [1.54, 1.807) is 6.07 Å². The maximum atomic E-state index is 13.0. The molecule has 1 saturated heterocycles. The van der Waals surface area contributed by atoms with Crippen molar-refractivity contribution in [2.45, 2.75) is 32.3 Å². The molecule has 1 aromatic carbocycles. The number of likely N-dealkylation sites (tertiary alicyclic amines) is 1. The second-order valence-electron chi connectivity index (χ2n) is 5.69. The summed E-state index contributed by atoms with van der Waals surface area (Å²) in [6.07, 6.45) is 3.07. The van der Waals surface area contributed by atoms with Gasteiger partial charge in [-0.05, 0) is 69.1 Å². The van der Waals surface area contributed by atoms with Gasteiger partial charge in [-0.25, -0.2) is 4.39 Å². The van der Waals surface area contributed by atoms with Crippen LogP contribution in [0.25, 0.3) is 0 Å². The van der Waals surface area contributed by atoms with Crippen LogP contribution in [0.2, 0.25) is 0 Å². The van der Waals surface area contributed by atoms with E-state index in [1.165, 1.54) is 18.9 Å². The summed E-state index contributed by atoms with van der Waals surface area (Å²) in [5.41, 5.74) is 2.15. The molecule has 1 atom stereocenters. The number of aliphatic hydroxyl groups excluding tert-OH is 1. The van der Waals surface area contributed by atoms with Crippen molar-refractivity contribution in [1.82, 2.24) is 10.2 Å². The summed E-state index contributed by atoms with van der Waals surface area (Å²) in [4.78, 5) is 2.32. The van der Waals surface area contributed by atoms with E-state index in [9.17, 15) is 9.50 Å². The molecule has 4 heteroatoms. The lowest BCUT2D eigenvalue weighted by Gasteiger charge is -2.19. The minimum atomic E-state index is -0.303. The molecule has 3 nitrogen and oxygen atoms in total. The van der Waals surface area contributed by atoms with E-state index in [1.807, 2.05) is 13.0 Å². The molecule has 1 aliphatic heterocycles. The summed E-state index contributed by atoms with van der Waals surface area (Å²) in [7, 11) is 0. The van der Waals surface area contributed by atoms with Gasteiger partial charge in [-0.2, -0.15) is 0 Å². The molecular formula is C16H25FN2O. The Morgan fingerprint density at radius 2 is 2.10 bits per heavy atom. The predicted molar refractivity (Wildman–Crippen MR) is 79.4 cm³/mol. The number of nitrogens with zero attached hydrogens (tertiary/aromatic N) is 1. The molecule has 0 radical (unpaired) electrons. The Balaban J connectivity index is 1.63. The van der Waals surface area contributed by atoms with Crippen molar-refractivity contribution < 1.29 is 9.50 Å². The number of halogens is 1. The van der Waals surface area contributed by atoms with Crippen molar-refractivity contribution in [3.05, 3.63) is 35.1 Å². The number of aryl methyl sites for hydroxylation is 1. The highest BCUT2D eigenvalue weighted by atomic mass is 19.1. The monoisotopic (exact) mass is 280 g/mol. The van der Waals surface area contributed by atoms with Gasteiger partial charge in [0.25, 0.3) is 0 Å². The van der Waals surface area contributed by atoms with Crippen LogP contribution in [0, 0.1) is 12.7 Å². The van der Waals surface area contributed by atoms with Gasteiger partial charge in [0.2, 0.25) is 0 Å². The summed E-state index contributed by atoms with van der Waals surface area (Å²) >= 11 is 0. The van der Waals surface area contributed by atoms with Crippen molar-refractivity contribution in [2.24, 2.45) is 0 Å². The zero-order chi connectivity index (χ0) is 14.4. The molecule has 20 heavy (non-hydrogen) atoms. The third kappa shape index (κ3) is 4.85. The standard InChI is InChI=1S/C16H25FN2O/c1-13-10-15(17)5-4-14(13)6-7-18-11-16(20)12-19-8-2-3-9-19/h4-5,10,16,18,20H,2-3,6-9,11-12H2,1H3. The van der Waals surface area contributed by atoms with Gasteiger partial charge in [0.15, 0.2) is 0 Å². The lowest BCUT2D eigenvalue weighted by molar-refractivity contribution is 0.124. The van der Waals surface area contributed by atoms with E-state index in [-0.39, 0.29) is 11.9 Å². The van der Waals surface area contributed by atoms with Crippen LogP contribution >= 0.6 is 0 Å². The highest BCUT2D eigenvalue weighted by molar-refractivity contribution is 5.26. The number of aliphatic hydroxyl groups is 1. The minimum Gasteiger partial charge on any atom is -0.390 e. The van der Waals surface area contributed by atoms with Crippen molar-refractivity contribution in [3.8, 4) is 0 Å². The SMILES string of the molecule is Cc1cc(F)ccc1CCNCC(O)CN1CCCC1. The van der Waals surface area contributed by atoms with Gasteiger partial charge in [0.05, 0.1) is 6.10 Å². The molecule has 0 amide bonds. The Labute approximate surface area is 120 Å². The third-order valence-electron chi connectivity index (χ3n) is 3.92. The summed E-state index contributed by atoms with van der Waals surface area (Å²) < 4.78 is 13.0. The lowest BCUT2D eigenvalue weighted by atomic mass is 10.1. The molecule has 1 aliphatic rings. The molecule has 0 saturated carbocycles. The largest absolute Gasteiger partial charge is 0.390 e. The second-order valence-corrected chi connectivity index (χ2v) is 5.69. The van der Waals surface area contributed by atoms with Gasteiger partial charge in [-0.3, -0.25) is 0 Å². The molecule has 0 spiro atoms. The molecule has 0 aliphatic carbocycles. The van der Waals surface area contributed by atoms with E-state index in [0.29, 0.717) is 6.54 Å². The van der Waals surface area contributed by atoms with Crippen molar-refractivity contribution >= 4 is 0 Å². The first-order chi connectivity index (χ1) is 9.65. The van der Waals surface area contributed by atoms with Crippen LogP contribution < -0.4 is 5.32 Å². The zero-order valence-corrected chi connectivity index (χ0v) is 12.2. The van der Waals surface area contributed by atoms with Crippen LogP contribution in [0.15, 0.2) is 18.2 Å². The third-order valence-corrected chi connectivity index (χ3v) is 3.92. The van der Waals surface area contributed by atoms with E-state index in [2.05, 4.69) is 10.2 Å². The van der Waals surface area contributed by atoms with Gasteiger partial charge in [0.1, 0.15) is 5.82 Å². The molecule has 2 rings (SSSR count). The van der Waals surface area contributed by atoms with Crippen LogP contribution in [0.3, 0.4) is 0 Å². The quantitative estimate of drug-likeness (QED) is 0.747. The molecule has 2 N–H and O–H groups in total. The maximum absolute atomic E-state index is 13.0. The first kappa shape index (κ1) is 15.4. The van der Waals surface area contributed by atoms with Crippen LogP contribution in [-0.2, 0) is 6.42 Å². The van der Waals surface area contributed by atoms with E-state index in [4.69, 9.17) is 0 Å². The molecule has 1 unspecified atom stereocenters. The molecule has 0 aromatic heterocycles. The molecule has 1 heterocycles. The highest BCUT2D eigenvalue weighted by Gasteiger charge is 2.15. The topological polar surface area (TPSA) is 35.5 Å². The second kappa shape index (κ2) is 7.72. The van der Waals surface area contributed by atoms with Gasteiger partial charge in [-0.1, -0.05) is 6.07 Å². The fraction of sp³-hybridized carbons (Fsp3) is 0.625. The lowest BCUT2D eigenvalue weighted by Crippen LogP contribution is -2.37. The smallest absolute Gasteiger partial charge is 0.123 e. The Bertz CT molecular complexity index is 419. The van der Waals surface area contributed by atoms with Crippen LogP contribution in [0.5, 0.6) is 0 Å². The highest BCUT2D eigenvalue weighted by Crippen LogP contribution is 2.10. The Morgan fingerprint density at radius 3 is 2.80 bits per heavy atom. The van der Waals surface area contributed by atoms with Gasteiger partial charge < -0.3 is 15.3 Å². The van der Waals surface area contributed by atoms with Crippen molar-refractivity contribution in [2.75, 3.05) is 32.7 Å². The molecule has 1 fully saturated rings. The zero-order valence-electron chi connectivity index (χ0n) is 12.2. The minimum absolute atomic E-state index is 0.180. The van der Waals surface area contributed by atoms with Crippen LogP contribution in [0.4, 0.5) is 4.39 Å². The Morgan fingerprint density at radius 1 is 1.35 bits per heavy atom. The molecule has 0 bridgehead atoms. The average Bonchev–Trinajstić information content (AvgIpc) is 2.89. The first-order valence-electron chi connectivity index (χ1n) is 7.51. The van der Waals surface area contributed by atoms with Crippen molar-refractivity contribution in [3.63, 3.8) is 0 Å². The summed E-state index contributed by atoms with van der Waals surface area (Å²) in [6.45, 7) is 6.36. The van der Waals surface area contributed by atoms with Crippen molar-refractivity contribution in [1.29, 1.82) is 0 Å². The van der Waals surface area contributed by atoms with Crippen LogP contribution in [0.1, 0.15) is 24.0 Å². The fourth-order valence-electron chi connectivity index (χ4n) is 2.76. The van der Waals surface area contributed by atoms with Gasteiger partial charge >= 0.3 is 0 Å². The first-order valence-corrected chi connectivity index (χ1v) is 7.51. The summed E-state index contributed by atoms with van der Waals surface area (Å²) in [6, 6.07) is 4.91. The van der Waals surface area contributed by atoms with E-state index in [0.717, 1.165) is 43.7 Å². The van der Waals surface area contributed by atoms with E-state index < -0.39 is 0 Å². The normalized spacial score (nSPS) is 17.6. The fourth-order valence-corrected chi connectivity index (χ4v) is 2.76. The number of β-amino-alcohol motifs (C(OH)–C–C–N with tert-alkyl or cyclic N) is 1. The van der Waals surface area contributed by atoms with Gasteiger partial charge in [0, 0.05) is 13.1 Å². The molecule has 1 aromatic rings. The Kier molecular flexibility index (Phi) is 5.95. The maximum Gasteiger partial charge on any atom is 0.123 e. The number of hydrogen-bond acceptors (Lipinski definition) is 3. The van der Waals surface area contributed by atoms with E-state index >= 15 is 0 Å². The number of rotatable bonds is 7. The number of nitrogens with one attached hydrogen (secondary N) is 1. The summed E-state index contributed by atoms with van der Waals surface area (Å²) in [5.74, 6) is -0.180. The van der Waals surface area contributed by atoms with Crippen LogP contribution in [-0.4, -0.2) is 48.8 Å². The summed E-state index contributed by atoms with van der Waals surface area (Å²) in [5, 5.41) is 13.2. The number of benzene rings is 1. The molecular weight excluding hydrogens is 255 g/mol. The van der Waals surface area contributed by atoms with Gasteiger partial charge in [-0.15, -0.1) is 0 Å². The number of hydrogen-bond donors (Lipinski definition) is 2. The average molecular weight is 280 g/mol.